The Kier molecular flexibility index (Phi) is 20.1. The van der Waals surface area contributed by atoms with E-state index in [0.717, 1.165) is 19.3 Å². The van der Waals surface area contributed by atoms with Gasteiger partial charge >= 0.3 is 13.8 Å². The number of hydrogen-bond acceptors (Lipinski definition) is 6. The maximum atomic E-state index is 11.9. The minimum atomic E-state index is -4.65. The van der Waals surface area contributed by atoms with E-state index in [4.69, 9.17) is 24.4 Å². The lowest BCUT2D eigenvalue weighted by molar-refractivity contribution is -0.154. The summed E-state index contributed by atoms with van der Waals surface area (Å²) < 4.78 is 25.5. The lowest BCUT2D eigenvalue weighted by atomic mass is 10.0. The largest absolute Gasteiger partial charge is 0.469 e. The van der Waals surface area contributed by atoms with Gasteiger partial charge in [-0.2, -0.15) is 0 Å². The summed E-state index contributed by atoms with van der Waals surface area (Å²) in [6.07, 6.45) is 15.2. The zero-order valence-electron chi connectivity index (χ0n) is 18.6. The number of esters is 1. The van der Waals surface area contributed by atoms with Gasteiger partial charge in [0.1, 0.15) is 6.10 Å². The number of rotatable bonds is 22. The van der Waals surface area contributed by atoms with Crippen LogP contribution in [0.5, 0.6) is 0 Å². The van der Waals surface area contributed by atoms with Gasteiger partial charge in [0.2, 0.25) is 0 Å². The summed E-state index contributed by atoms with van der Waals surface area (Å²) in [6.45, 7) is 1.54. The van der Waals surface area contributed by atoms with Crippen LogP contribution in [-0.4, -0.2) is 53.4 Å². The molecule has 0 radical (unpaired) electrons. The quantitative estimate of drug-likeness (QED) is 0.124. The molecule has 0 aliphatic carbocycles. The van der Waals surface area contributed by atoms with Crippen LogP contribution >= 0.6 is 7.82 Å². The van der Waals surface area contributed by atoms with E-state index in [9.17, 15) is 9.36 Å². The highest BCUT2D eigenvalue weighted by Gasteiger charge is 2.21. The minimum Gasteiger partial charge on any atom is -0.457 e. The van der Waals surface area contributed by atoms with Crippen LogP contribution in [0.3, 0.4) is 0 Å². The first kappa shape index (κ1) is 29.5. The molecule has 0 rings (SSSR count). The molecule has 0 aromatic heterocycles. The van der Waals surface area contributed by atoms with Crippen molar-refractivity contribution < 1.29 is 38.3 Å². The molecule has 0 aromatic carbocycles. The second kappa shape index (κ2) is 20.4. The van der Waals surface area contributed by atoms with Crippen LogP contribution in [0.4, 0.5) is 0 Å². The standard InChI is InChI=1S/C21H43O8P/c1-2-3-4-5-6-7-8-9-10-11-12-13-14-15-21(23)29-20(18-27-17-16-22)19-28-30(24,25)26/h20,22H,2-19H2,1H3,(H2,24,25,26)/t20-/m0/s1. The van der Waals surface area contributed by atoms with Crippen molar-refractivity contribution in [3.63, 3.8) is 0 Å². The van der Waals surface area contributed by atoms with Crippen molar-refractivity contribution in [1.29, 1.82) is 0 Å². The van der Waals surface area contributed by atoms with E-state index in [-0.39, 0.29) is 26.2 Å². The molecule has 0 saturated heterocycles. The van der Waals surface area contributed by atoms with Crippen LogP contribution in [0.1, 0.15) is 96.8 Å². The van der Waals surface area contributed by atoms with Crippen molar-refractivity contribution in [3.05, 3.63) is 0 Å². The lowest BCUT2D eigenvalue weighted by Gasteiger charge is -2.18. The number of ether oxygens (including phenoxy) is 2. The topological polar surface area (TPSA) is 123 Å². The van der Waals surface area contributed by atoms with Gasteiger partial charge in [-0.1, -0.05) is 84.0 Å². The maximum absolute atomic E-state index is 11.9. The van der Waals surface area contributed by atoms with Crippen molar-refractivity contribution >= 4 is 13.8 Å². The molecule has 0 spiro atoms. The van der Waals surface area contributed by atoms with E-state index < -0.39 is 26.5 Å². The maximum Gasteiger partial charge on any atom is 0.469 e. The van der Waals surface area contributed by atoms with Crippen molar-refractivity contribution in [3.8, 4) is 0 Å². The summed E-state index contributed by atoms with van der Waals surface area (Å²) in [5, 5.41) is 8.72. The van der Waals surface area contributed by atoms with Gasteiger partial charge in [0.05, 0.1) is 26.4 Å². The van der Waals surface area contributed by atoms with Gasteiger partial charge < -0.3 is 24.4 Å². The Labute approximate surface area is 181 Å². The molecule has 1 atom stereocenters. The van der Waals surface area contributed by atoms with Gasteiger partial charge in [0.25, 0.3) is 0 Å². The summed E-state index contributed by atoms with van der Waals surface area (Å²) >= 11 is 0. The summed E-state index contributed by atoms with van der Waals surface area (Å²) in [5.74, 6) is -0.440. The van der Waals surface area contributed by atoms with E-state index in [1.807, 2.05) is 0 Å². The van der Waals surface area contributed by atoms with Gasteiger partial charge in [-0.05, 0) is 6.42 Å². The van der Waals surface area contributed by atoms with Crippen molar-refractivity contribution in [2.75, 3.05) is 26.4 Å². The smallest absolute Gasteiger partial charge is 0.457 e. The third-order valence-electron chi connectivity index (χ3n) is 4.75. The van der Waals surface area contributed by atoms with Gasteiger partial charge in [-0.25, -0.2) is 4.57 Å². The normalized spacial score (nSPS) is 12.8. The number of phosphoric acid groups is 1. The SMILES string of the molecule is CCCCCCCCCCCCCCCC(=O)O[C@@H](COCCO)COP(=O)(O)O. The van der Waals surface area contributed by atoms with Crippen molar-refractivity contribution in [2.45, 2.75) is 103 Å². The van der Waals surface area contributed by atoms with Crippen LogP contribution in [0, 0.1) is 0 Å². The fraction of sp³-hybridized carbons (Fsp3) is 0.952. The van der Waals surface area contributed by atoms with E-state index in [1.54, 1.807) is 0 Å². The van der Waals surface area contributed by atoms with Gasteiger partial charge in [-0.15, -0.1) is 0 Å². The molecule has 0 fully saturated rings. The molecule has 0 aliphatic rings. The summed E-state index contributed by atoms with van der Waals surface area (Å²) in [5.41, 5.74) is 0. The highest BCUT2D eigenvalue weighted by molar-refractivity contribution is 7.46. The number of aliphatic hydroxyl groups excluding tert-OH is 1. The van der Waals surface area contributed by atoms with Gasteiger partial charge in [-0.3, -0.25) is 9.32 Å². The fourth-order valence-electron chi connectivity index (χ4n) is 3.11. The van der Waals surface area contributed by atoms with Crippen LogP contribution in [0.15, 0.2) is 0 Å². The monoisotopic (exact) mass is 454 g/mol. The molecule has 3 N–H and O–H groups in total. The van der Waals surface area contributed by atoms with Crippen LogP contribution < -0.4 is 0 Å². The highest BCUT2D eigenvalue weighted by Crippen LogP contribution is 2.35. The molecule has 0 amide bonds. The molecule has 0 heterocycles. The first-order chi connectivity index (χ1) is 14.4. The zero-order chi connectivity index (χ0) is 22.5. The average molecular weight is 455 g/mol. The summed E-state index contributed by atoms with van der Waals surface area (Å²) in [7, 11) is -4.65. The molecule has 30 heavy (non-hydrogen) atoms. The molecule has 9 heteroatoms. The Bertz CT molecular complexity index is 441. The number of aliphatic hydroxyl groups is 1. The summed E-state index contributed by atoms with van der Waals surface area (Å²) in [4.78, 5) is 29.5. The van der Waals surface area contributed by atoms with E-state index in [2.05, 4.69) is 11.4 Å². The van der Waals surface area contributed by atoms with Crippen molar-refractivity contribution in [1.82, 2.24) is 0 Å². The van der Waals surface area contributed by atoms with Crippen LogP contribution in [-0.2, 0) is 23.4 Å². The van der Waals surface area contributed by atoms with Gasteiger partial charge in [0, 0.05) is 6.42 Å². The molecule has 0 bridgehead atoms. The summed E-state index contributed by atoms with van der Waals surface area (Å²) in [6, 6.07) is 0. The molecule has 0 unspecified atom stereocenters. The van der Waals surface area contributed by atoms with Crippen LogP contribution in [0.25, 0.3) is 0 Å². The minimum absolute atomic E-state index is 0.0445. The fourth-order valence-corrected chi connectivity index (χ4v) is 3.47. The molecule has 0 aliphatic heterocycles. The Hall–Kier alpha value is -0.500. The Morgan fingerprint density at radius 3 is 1.80 bits per heavy atom. The average Bonchev–Trinajstić information content (AvgIpc) is 2.69. The zero-order valence-corrected chi connectivity index (χ0v) is 19.5. The third-order valence-corrected chi connectivity index (χ3v) is 5.24. The molecule has 8 nitrogen and oxygen atoms in total. The number of carbonyl (C=O) groups excluding carboxylic acids is 1. The third kappa shape index (κ3) is 22.2. The van der Waals surface area contributed by atoms with E-state index >= 15 is 0 Å². The second-order valence-electron chi connectivity index (χ2n) is 7.69. The number of hydrogen-bond donors (Lipinski definition) is 3. The first-order valence-corrected chi connectivity index (χ1v) is 13.0. The number of carbonyl (C=O) groups is 1. The first-order valence-electron chi connectivity index (χ1n) is 11.5. The Morgan fingerprint density at radius 2 is 1.33 bits per heavy atom. The van der Waals surface area contributed by atoms with Gasteiger partial charge in [0.15, 0.2) is 0 Å². The Balaban J connectivity index is 3.70. The molecule has 0 aromatic rings. The predicted molar refractivity (Wildman–Crippen MR) is 116 cm³/mol. The molecular formula is C21H43O8P. The predicted octanol–water partition coefficient (Wildman–Crippen LogP) is 4.50. The highest BCUT2D eigenvalue weighted by atomic mass is 31.2. The molecular weight excluding hydrogens is 411 g/mol. The lowest BCUT2D eigenvalue weighted by Crippen LogP contribution is -2.28. The van der Waals surface area contributed by atoms with Crippen molar-refractivity contribution in [2.24, 2.45) is 0 Å². The molecule has 180 valence electrons. The van der Waals surface area contributed by atoms with Crippen LogP contribution in [0.2, 0.25) is 0 Å². The number of phosphoric ester groups is 1. The van der Waals surface area contributed by atoms with E-state index in [1.165, 1.54) is 64.2 Å². The molecule has 0 saturated carbocycles. The Morgan fingerprint density at radius 1 is 0.833 bits per heavy atom. The van der Waals surface area contributed by atoms with E-state index in [0.29, 0.717) is 0 Å². The number of unbranched alkanes of at least 4 members (excludes halogenated alkanes) is 12. The second-order valence-corrected chi connectivity index (χ2v) is 8.93.